The van der Waals surface area contributed by atoms with Crippen LogP contribution in [-0.4, -0.2) is 16.0 Å². The van der Waals surface area contributed by atoms with Crippen molar-refractivity contribution in [3.8, 4) is 0 Å². The molecule has 1 aromatic rings. The second-order valence-corrected chi connectivity index (χ2v) is 6.04. The van der Waals surface area contributed by atoms with E-state index in [1.54, 1.807) is 0 Å². The summed E-state index contributed by atoms with van der Waals surface area (Å²) in [5.41, 5.74) is 0.258. The Hall–Kier alpha value is -0.810. The van der Waals surface area contributed by atoms with Gasteiger partial charge >= 0.3 is 0 Å². The fourth-order valence-corrected chi connectivity index (χ4v) is 4.45. The normalized spacial score (nSPS) is 26.3. The van der Waals surface area contributed by atoms with Gasteiger partial charge in [0.2, 0.25) is 0 Å². The van der Waals surface area contributed by atoms with E-state index in [4.69, 9.17) is 0 Å². The highest BCUT2D eigenvalue weighted by Gasteiger charge is 2.41. The molecule has 3 atom stereocenters. The zero-order valence-corrected chi connectivity index (χ0v) is 11.3. The molecule has 1 aliphatic rings. The van der Waals surface area contributed by atoms with Crippen LogP contribution in [0, 0.1) is 11.6 Å². The molecule has 0 aromatic heterocycles. The Morgan fingerprint density at radius 2 is 1.94 bits per heavy atom. The van der Waals surface area contributed by atoms with Gasteiger partial charge < -0.3 is 5.32 Å². The molecular formula is C13H17F2NOS. The monoisotopic (exact) mass is 273 g/mol. The molecule has 5 heteroatoms. The zero-order valence-electron chi connectivity index (χ0n) is 10.5. The van der Waals surface area contributed by atoms with E-state index in [0.29, 0.717) is 13.0 Å². The van der Waals surface area contributed by atoms with Crippen molar-refractivity contribution in [3.63, 3.8) is 0 Å². The molecule has 18 heavy (non-hydrogen) atoms. The van der Waals surface area contributed by atoms with E-state index in [1.807, 2.05) is 13.8 Å². The van der Waals surface area contributed by atoms with Crippen LogP contribution in [0.4, 0.5) is 8.78 Å². The van der Waals surface area contributed by atoms with Crippen molar-refractivity contribution < 1.29 is 13.0 Å². The fraction of sp³-hybridized carbons (Fsp3) is 0.538. The van der Waals surface area contributed by atoms with E-state index in [-0.39, 0.29) is 21.8 Å². The SMILES string of the molecule is CCCC1C(NCC)c2c(F)ccc(F)c2S1=O. The van der Waals surface area contributed by atoms with Gasteiger partial charge in [-0.1, -0.05) is 20.3 Å². The van der Waals surface area contributed by atoms with E-state index in [1.165, 1.54) is 0 Å². The molecule has 1 aliphatic heterocycles. The average molecular weight is 273 g/mol. The van der Waals surface area contributed by atoms with Gasteiger partial charge in [-0.05, 0) is 25.1 Å². The molecule has 0 fully saturated rings. The van der Waals surface area contributed by atoms with Gasteiger partial charge in [0.05, 0.1) is 27.0 Å². The van der Waals surface area contributed by atoms with Crippen LogP contribution in [0.1, 0.15) is 38.3 Å². The first kappa shape index (κ1) is 13.6. The Labute approximate surface area is 108 Å². The lowest BCUT2D eigenvalue weighted by Gasteiger charge is -2.19. The highest BCUT2D eigenvalue weighted by atomic mass is 32.2. The largest absolute Gasteiger partial charge is 0.309 e. The lowest BCUT2D eigenvalue weighted by molar-refractivity contribution is 0.475. The molecule has 0 bridgehead atoms. The maximum Gasteiger partial charge on any atom is 0.139 e. The van der Waals surface area contributed by atoms with E-state index >= 15 is 0 Å². The summed E-state index contributed by atoms with van der Waals surface area (Å²) in [7, 11) is -1.47. The Bertz CT molecular complexity index is 478. The summed E-state index contributed by atoms with van der Waals surface area (Å²) < 4.78 is 40.0. The van der Waals surface area contributed by atoms with Gasteiger partial charge in [0.1, 0.15) is 11.6 Å². The molecule has 0 aliphatic carbocycles. The van der Waals surface area contributed by atoms with E-state index in [2.05, 4.69) is 5.32 Å². The van der Waals surface area contributed by atoms with Crippen LogP contribution in [0.15, 0.2) is 17.0 Å². The Morgan fingerprint density at radius 1 is 1.28 bits per heavy atom. The Balaban J connectivity index is 2.52. The highest BCUT2D eigenvalue weighted by molar-refractivity contribution is 7.86. The van der Waals surface area contributed by atoms with E-state index < -0.39 is 22.4 Å². The van der Waals surface area contributed by atoms with E-state index in [9.17, 15) is 13.0 Å². The van der Waals surface area contributed by atoms with Crippen LogP contribution < -0.4 is 5.32 Å². The molecule has 3 unspecified atom stereocenters. The predicted molar refractivity (Wildman–Crippen MR) is 67.9 cm³/mol. The summed E-state index contributed by atoms with van der Waals surface area (Å²) in [6, 6.07) is 1.83. The molecule has 0 saturated carbocycles. The van der Waals surface area contributed by atoms with Crippen LogP contribution in [-0.2, 0) is 10.8 Å². The van der Waals surface area contributed by atoms with Crippen LogP contribution in [0.25, 0.3) is 0 Å². The molecular weight excluding hydrogens is 256 g/mol. The predicted octanol–water partition coefficient (Wildman–Crippen LogP) is 2.91. The lowest BCUT2D eigenvalue weighted by Crippen LogP contribution is -2.30. The van der Waals surface area contributed by atoms with E-state index in [0.717, 1.165) is 18.6 Å². The van der Waals surface area contributed by atoms with Crippen LogP contribution in [0.2, 0.25) is 0 Å². The van der Waals surface area contributed by atoms with Crippen molar-refractivity contribution >= 4 is 10.8 Å². The first-order valence-corrected chi connectivity index (χ1v) is 7.44. The summed E-state index contributed by atoms with van der Waals surface area (Å²) in [5, 5.41) is 2.89. The zero-order chi connectivity index (χ0) is 13.3. The molecule has 2 nitrogen and oxygen atoms in total. The molecule has 2 rings (SSSR count). The van der Waals surface area contributed by atoms with Gasteiger partial charge in [0, 0.05) is 5.56 Å². The maximum absolute atomic E-state index is 13.9. The summed E-state index contributed by atoms with van der Waals surface area (Å²) in [6.45, 7) is 4.52. The van der Waals surface area contributed by atoms with Crippen molar-refractivity contribution in [1.29, 1.82) is 0 Å². The van der Waals surface area contributed by atoms with Gasteiger partial charge in [0.15, 0.2) is 0 Å². The number of rotatable bonds is 4. The number of nitrogens with one attached hydrogen (secondary N) is 1. The minimum Gasteiger partial charge on any atom is -0.309 e. The van der Waals surface area contributed by atoms with Crippen molar-refractivity contribution in [3.05, 3.63) is 29.3 Å². The molecule has 0 amide bonds. The lowest BCUT2D eigenvalue weighted by atomic mass is 10.0. The number of hydrogen-bond donors (Lipinski definition) is 1. The second-order valence-electron chi connectivity index (χ2n) is 4.43. The average Bonchev–Trinajstić information content (AvgIpc) is 2.61. The Morgan fingerprint density at radius 3 is 2.56 bits per heavy atom. The first-order valence-electron chi connectivity index (χ1n) is 6.23. The minimum absolute atomic E-state index is 0.0550. The number of hydrogen-bond acceptors (Lipinski definition) is 2. The van der Waals surface area contributed by atoms with Gasteiger partial charge in [-0.15, -0.1) is 0 Å². The second kappa shape index (κ2) is 5.45. The number of benzene rings is 1. The fourth-order valence-electron chi connectivity index (χ4n) is 2.52. The maximum atomic E-state index is 13.9. The highest BCUT2D eigenvalue weighted by Crippen LogP contribution is 2.41. The third-order valence-electron chi connectivity index (χ3n) is 3.25. The summed E-state index contributed by atoms with van der Waals surface area (Å²) in [6.07, 6.45) is 1.54. The summed E-state index contributed by atoms with van der Waals surface area (Å²) in [5.74, 6) is -1.03. The molecule has 1 N–H and O–H groups in total. The van der Waals surface area contributed by atoms with Crippen LogP contribution in [0.3, 0.4) is 0 Å². The molecule has 100 valence electrons. The molecule has 1 heterocycles. The van der Waals surface area contributed by atoms with Gasteiger partial charge in [-0.25, -0.2) is 8.78 Å². The van der Waals surface area contributed by atoms with Gasteiger partial charge in [0.25, 0.3) is 0 Å². The molecule has 0 saturated heterocycles. The number of fused-ring (bicyclic) bond motifs is 1. The van der Waals surface area contributed by atoms with Crippen LogP contribution >= 0.6 is 0 Å². The van der Waals surface area contributed by atoms with Gasteiger partial charge in [-0.2, -0.15) is 0 Å². The minimum atomic E-state index is -1.47. The third kappa shape index (κ3) is 2.10. The molecule has 1 aromatic carbocycles. The smallest absolute Gasteiger partial charge is 0.139 e. The van der Waals surface area contributed by atoms with Gasteiger partial charge in [-0.3, -0.25) is 4.21 Å². The summed E-state index contributed by atoms with van der Waals surface area (Å²) >= 11 is 0. The molecule has 0 radical (unpaired) electrons. The Kier molecular flexibility index (Phi) is 4.12. The van der Waals surface area contributed by atoms with Crippen molar-refractivity contribution in [1.82, 2.24) is 5.32 Å². The summed E-state index contributed by atoms with van der Waals surface area (Å²) in [4.78, 5) is 0.0550. The van der Waals surface area contributed by atoms with Crippen molar-refractivity contribution in [2.75, 3.05) is 6.54 Å². The quantitative estimate of drug-likeness (QED) is 0.914. The molecule has 0 spiro atoms. The van der Waals surface area contributed by atoms with Crippen LogP contribution in [0.5, 0.6) is 0 Å². The third-order valence-corrected chi connectivity index (χ3v) is 5.13. The first-order chi connectivity index (χ1) is 8.61. The number of halogens is 2. The topological polar surface area (TPSA) is 29.1 Å². The van der Waals surface area contributed by atoms with Crippen molar-refractivity contribution in [2.45, 2.75) is 42.9 Å². The standard InChI is InChI=1S/C13H17F2NOS/c1-3-5-10-12(16-4-2)11-8(14)6-7-9(15)13(11)18(10)17/h6-7,10,12,16H,3-5H2,1-2H3. The van der Waals surface area contributed by atoms with Crippen molar-refractivity contribution in [2.24, 2.45) is 0 Å².